The molecule has 0 bridgehead atoms. The Hall–Kier alpha value is -4.01. The molecule has 5 heterocycles. The van der Waals surface area contributed by atoms with Gasteiger partial charge in [-0.25, -0.2) is 9.18 Å². The first-order chi connectivity index (χ1) is 19.8. The van der Waals surface area contributed by atoms with Crippen molar-refractivity contribution in [3.05, 3.63) is 59.0 Å². The number of nitrogens with zero attached hydrogens (tertiary/aromatic N) is 7. The number of imidazole rings is 1. The highest BCUT2D eigenvalue weighted by atomic mass is 32.2. The van der Waals surface area contributed by atoms with Crippen molar-refractivity contribution in [3.63, 3.8) is 0 Å². The summed E-state index contributed by atoms with van der Waals surface area (Å²) in [6.07, 6.45) is 3.18. The number of hydrogen-bond acceptors (Lipinski definition) is 9. The molecule has 0 saturated carbocycles. The Morgan fingerprint density at radius 1 is 1.17 bits per heavy atom. The molecule has 14 heteroatoms. The molecule has 1 aliphatic rings. The molecular weight excluding hydrogens is 551 g/mol. The molecule has 1 fully saturated rings. The fourth-order valence-corrected chi connectivity index (χ4v) is 5.55. The van der Waals surface area contributed by atoms with Gasteiger partial charge in [-0.1, -0.05) is 11.2 Å². The average molecular weight is 583 g/mol. The van der Waals surface area contributed by atoms with Crippen LogP contribution in [0.2, 0.25) is 0 Å². The molecule has 5 aromatic rings. The van der Waals surface area contributed by atoms with Gasteiger partial charge in [-0.2, -0.15) is 14.6 Å². The number of ether oxygens (including phenoxy) is 1. The van der Waals surface area contributed by atoms with E-state index in [9.17, 15) is 13.7 Å². The number of anilines is 2. The van der Waals surface area contributed by atoms with E-state index in [1.54, 1.807) is 46.9 Å². The standard InChI is InChI=1S/C27H31FN8O4S/c1-32-24-22-17-20(23-4-3-13-40-23)31-36(22)26(29)30-25(24)35(27(32)37)12-9-33-7-10-34(11-8-33)21-6-5-18(16-19(21)28)39-14-15-41(2)38/h3-6,13,16-17H,7-12,14-15H2,1-2H3,(H2,29,30)/t41-/m1/s1. The monoisotopic (exact) mass is 582 g/mol. The third-order valence-electron chi connectivity index (χ3n) is 7.40. The minimum absolute atomic E-state index is 0.178. The van der Waals surface area contributed by atoms with Crippen molar-refractivity contribution in [1.29, 1.82) is 0 Å². The second kappa shape index (κ2) is 11.1. The molecule has 216 valence electrons. The molecule has 1 aromatic carbocycles. The molecule has 41 heavy (non-hydrogen) atoms. The normalized spacial score (nSPS) is 15.3. The van der Waals surface area contributed by atoms with E-state index in [-0.39, 0.29) is 24.1 Å². The lowest BCUT2D eigenvalue weighted by molar-refractivity contribution is 0.247. The summed E-state index contributed by atoms with van der Waals surface area (Å²) in [6, 6.07) is 10.3. The number of fused-ring (bicyclic) bond motifs is 3. The number of benzene rings is 1. The molecule has 6 rings (SSSR count). The number of rotatable bonds is 9. The fourth-order valence-electron chi connectivity index (χ4n) is 5.24. The zero-order chi connectivity index (χ0) is 28.7. The molecule has 1 saturated heterocycles. The maximum Gasteiger partial charge on any atom is 0.330 e. The third-order valence-corrected chi connectivity index (χ3v) is 8.14. The van der Waals surface area contributed by atoms with Crippen LogP contribution in [0.5, 0.6) is 5.75 Å². The minimum atomic E-state index is -0.957. The van der Waals surface area contributed by atoms with Gasteiger partial charge in [0, 0.05) is 52.4 Å². The van der Waals surface area contributed by atoms with Crippen LogP contribution in [0.3, 0.4) is 0 Å². The number of aromatic nitrogens is 5. The van der Waals surface area contributed by atoms with E-state index in [1.807, 2.05) is 17.0 Å². The largest absolute Gasteiger partial charge is 0.616 e. The summed E-state index contributed by atoms with van der Waals surface area (Å²) in [7, 11) is 1.72. The zero-order valence-corrected chi connectivity index (χ0v) is 23.6. The topological polar surface area (TPSA) is 135 Å². The van der Waals surface area contributed by atoms with E-state index >= 15 is 0 Å². The Balaban J connectivity index is 1.14. The molecule has 0 aliphatic carbocycles. The summed E-state index contributed by atoms with van der Waals surface area (Å²) in [5, 5.41) is 4.52. The number of halogens is 1. The number of piperazine rings is 1. The summed E-state index contributed by atoms with van der Waals surface area (Å²) in [5.74, 6) is 1.26. The summed E-state index contributed by atoms with van der Waals surface area (Å²) in [5.41, 5.74) is 9.01. The molecule has 12 nitrogen and oxygen atoms in total. The third kappa shape index (κ3) is 5.25. The van der Waals surface area contributed by atoms with Crippen LogP contribution < -0.4 is 21.1 Å². The van der Waals surface area contributed by atoms with E-state index in [0.717, 1.165) is 0 Å². The quantitative estimate of drug-likeness (QED) is 0.259. The molecule has 0 unspecified atom stereocenters. The van der Waals surface area contributed by atoms with Gasteiger partial charge in [-0.05, 0) is 30.3 Å². The molecule has 2 N–H and O–H groups in total. The molecule has 1 atom stereocenters. The number of aryl methyl sites for hydroxylation is 1. The summed E-state index contributed by atoms with van der Waals surface area (Å²) in [6.45, 7) is 4.07. The molecular formula is C27H31FN8O4S. The first-order valence-corrected chi connectivity index (χ1v) is 15.0. The predicted octanol–water partition coefficient (Wildman–Crippen LogP) is 1.94. The second-order valence-corrected chi connectivity index (χ2v) is 11.6. The SMILES string of the molecule is Cn1c(=O)n(CCN2CCN(c3ccc(OCC[S@@+](C)[O-])cc3F)CC2)c2nc(N)n3nc(-c4ccco4)cc3c21. The Kier molecular flexibility index (Phi) is 7.36. The van der Waals surface area contributed by atoms with Crippen molar-refractivity contribution in [3.8, 4) is 17.2 Å². The van der Waals surface area contributed by atoms with E-state index in [4.69, 9.17) is 14.9 Å². The lowest BCUT2D eigenvalue weighted by atomic mass is 10.2. The van der Waals surface area contributed by atoms with Gasteiger partial charge >= 0.3 is 5.69 Å². The summed E-state index contributed by atoms with van der Waals surface area (Å²) < 4.78 is 41.8. The van der Waals surface area contributed by atoms with Gasteiger partial charge in [-0.15, -0.1) is 0 Å². The second-order valence-electron chi connectivity index (χ2n) is 10.0. The van der Waals surface area contributed by atoms with Crippen molar-refractivity contribution >= 4 is 39.5 Å². The lowest BCUT2D eigenvalue weighted by Crippen LogP contribution is -2.47. The maximum atomic E-state index is 14.8. The number of nitrogens with two attached hydrogens (primary N) is 1. The Bertz CT molecular complexity index is 1740. The van der Waals surface area contributed by atoms with Crippen molar-refractivity contribution in [1.82, 2.24) is 28.6 Å². The molecule has 4 aromatic heterocycles. The molecule has 0 radical (unpaired) electrons. The van der Waals surface area contributed by atoms with E-state index in [1.165, 1.54) is 10.6 Å². The summed E-state index contributed by atoms with van der Waals surface area (Å²) >= 11 is -0.957. The van der Waals surface area contributed by atoms with E-state index in [0.29, 0.717) is 84.6 Å². The maximum absolute atomic E-state index is 14.8. The molecule has 0 amide bonds. The molecule has 1 aliphatic heterocycles. The van der Waals surface area contributed by atoms with Crippen LogP contribution >= 0.6 is 0 Å². The molecule has 0 spiro atoms. The Morgan fingerprint density at radius 2 is 1.98 bits per heavy atom. The van der Waals surface area contributed by atoms with Crippen molar-refractivity contribution in [2.45, 2.75) is 6.54 Å². The van der Waals surface area contributed by atoms with E-state index < -0.39 is 11.2 Å². The van der Waals surface area contributed by atoms with Crippen LogP contribution in [0.25, 0.3) is 28.1 Å². The van der Waals surface area contributed by atoms with Gasteiger partial charge in [0.2, 0.25) is 5.95 Å². The van der Waals surface area contributed by atoms with Crippen molar-refractivity contribution < 1.29 is 18.1 Å². The van der Waals surface area contributed by atoms with Gasteiger partial charge in [0.05, 0.1) is 23.7 Å². The fraction of sp³-hybridized carbons (Fsp3) is 0.370. The van der Waals surface area contributed by atoms with Gasteiger partial charge in [0.25, 0.3) is 0 Å². The van der Waals surface area contributed by atoms with Crippen LogP contribution in [-0.2, 0) is 24.8 Å². The average Bonchev–Trinajstić information content (AvgIpc) is 3.68. The first-order valence-electron chi connectivity index (χ1n) is 13.3. The highest BCUT2D eigenvalue weighted by Crippen LogP contribution is 2.27. The minimum Gasteiger partial charge on any atom is -0.616 e. The van der Waals surface area contributed by atoms with Gasteiger partial charge in [0.1, 0.15) is 35.1 Å². The van der Waals surface area contributed by atoms with Gasteiger partial charge in [-0.3, -0.25) is 14.0 Å². The van der Waals surface area contributed by atoms with Crippen molar-refractivity contribution in [2.75, 3.05) is 62.0 Å². The van der Waals surface area contributed by atoms with Crippen LogP contribution in [0, 0.1) is 5.82 Å². The zero-order valence-electron chi connectivity index (χ0n) is 22.8. The first kappa shape index (κ1) is 27.2. The Labute approximate surface area is 237 Å². The summed E-state index contributed by atoms with van der Waals surface area (Å²) in [4.78, 5) is 22.0. The van der Waals surface area contributed by atoms with E-state index in [2.05, 4.69) is 15.0 Å². The van der Waals surface area contributed by atoms with Crippen molar-refractivity contribution in [2.24, 2.45) is 7.05 Å². The highest BCUT2D eigenvalue weighted by molar-refractivity contribution is 7.90. The highest BCUT2D eigenvalue weighted by Gasteiger charge is 2.23. The van der Waals surface area contributed by atoms with Crippen LogP contribution in [-0.4, -0.2) is 84.5 Å². The lowest BCUT2D eigenvalue weighted by Gasteiger charge is -2.36. The number of nitrogen functional groups attached to an aromatic ring is 1. The Morgan fingerprint density at radius 3 is 2.68 bits per heavy atom. The van der Waals surface area contributed by atoms with Gasteiger partial charge < -0.3 is 24.3 Å². The number of hydrogen-bond donors (Lipinski definition) is 1. The van der Waals surface area contributed by atoms with Crippen LogP contribution in [0.15, 0.2) is 51.9 Å². The van der Waals surface area contributed by atoms with Gasteiger partial charge in [0.15, 0.2) is 11.4 Å². The van der Waals surface area contributed by atoms with Crippen LogP contribution in [0.1, 0.15) is 0 Å². The smallest absolute Gasteiger partial charge is 0.330 e. The predicted molar refractivity (Wildman–Crippen MR) is 155 cm³/mol. The number of furan rings is 1. The van der Waals surface area contributed by atoms with Crippen LogP contribution in [0.4, 0.5) is 16.0 Å².